The zero-order valence-corrected chi connectivity index (χ0v) is 20.2. The highest BCUT2D eigenvalue weighted by Crippen LogP contribution is 2.45. The minimum atomic E-state index is -3.19. The molecule has 0 radical (unpaired) electrons. The normalized spacial score (nSPS) is 21.1. The van der Waals surface area contributed by atoms with E-state index in [-0.39, 0.29) is 25.6 Å². The first kappa shape index (κ1) is 26.3. The first-order valence-electron chi connectivity index (χ1n) is 9.61. The number of fused-ring (bicyclic) bond motifs is 1. The smallest absolute Gasteiger partial charge is 0.383 e. The third-order valence-corrected chi connectivity index (χ3v) is 7.02. The van der Waals surface area contributed by atoms with E-state index in [0.29, 0.717) is 23.0 Å². The average Bonchev–Trinajstić information content (AvgIpc) is 3.36. The van der Waals surface area contributed by atoms with Gasteiger partial charge in [-0.05, 0) is 0 Å². The molecule has 14 nitrogen and oxygen atoms in total. The van der Waals surface area contributed by atoms with E-state index in [2.05, 4.69) is 37.0 Å². The number of anilines is 1. The summed E-state index contributed by atoms with van der Waals surface area (Å²) in [5, 5.41) is 0.554. The molecule has 34 heavy (non-hydrogen) atoms. The second kappa shape index (κ2) is 12.4. The fourth-order valence-electron chi connectivity index (χ4n) is 3.24. The lowest BCUT2D eigenvalue weighted by Gasteiger charge is -2.15. The van der Waals surface area contributed by atoms with Crippen molar-refractivity contribution in [3.05, 3.63) is 30.7 Å². The number of nitrogens with two attached hydrogens (primary N) is 2. The van der Waals surface area contributed by atoms with E-state index in [0.717, 1.165) is 0 Å². The Morgan fingerprint density at radius 1 is 1.32 bits per heavy atom. The van der Waals surface area contributed by atoms with Gasteiger partial charge in [0.2, 0.25) is 0 Å². The number of rotatable bonds is 11. The molecule has 1 aliphatic heterocycles. The lowest BCUT2D eigenvalue weighted by Crippen LogP contribution is -2.28. The standard InChI is InChI=1S/C17H20N5O9P3/c1-2-6-27-12-7-14(29-13(12)9-28-33(25)31-34(26)30-32(23)24)22-8-11(4-3-5-18)15-16(19)20-10-21-17(15)22/h2,8,10,12-14H,1,5-7,9,18H2,(H2-,19,20,21,23,24)/q+2/p+1. The van der Waals surface area contributed by atoms with Crippen LogP contribution in [0, 0.1) is 11.8 Å². The maximum absolute atomic E-state index is 11.9. The lowest BCUT2D eigenvalue weighted by molar-refractivity contribution is -0.0514. The van der Waals surface area contributed by atoms with Gasteiger partial charge in [0, 0.05) is 26.3 Å². The molecular weight excluding hydrogens is 511 g/mol. The molecule has 0 amide bonds. The quantitative estimate of drug-likeness (QED) is 0.216. The Morgan fingerprint density at radius 3 is 2.82 bits per heavy atom. The minimum absolute atomic E-state index is 0.155. The molecule has 6 atom stereocenters. The molecule has 17 heteroatoms. The van der Waals surface area contributed by atoms with Gasteiger partial charge >= 0.3 is 24.8 Å². The highest BCUT2D eigenvalue weighted by molar-refractivity contribution is 7.53. The Balaban J connectivity index is 1.78. The molecule has 2 aromatic rings. The van der Waals surface area contributed by atoms with Gasteiger partial charge in [-0.25, -0.2) is 9.97 Å². The Kier molecular flexibility index (Phi) is 9.64. The van der Waals surface area contributed by atoms with Gasteiger partial charge in [0.05, 0.1) is 30.2 Å². The summed E-state index contributed by atoms with van der Waals surface area (Å²) >= 11 is 0. The predicted molar refractivity (Wildman–Crippen MR) is 119 cm³/mol. The maximum Gasteiger partial charge on any atom is 0.798 e. The Hall–Kier alpha value is -2.26. The van der Waals surface area contributed by atoms with Crippen molar-refractivity contribution in [2.45, 2.75) is 24.9 Å². The summed E-state index contributed by atoms with van der Waals surface area (Å²) in [5.41, 5.74) is 12.6. The van der Waals surface area contributed by atoms with Gasteiger partial charge < -0.3 is 25.5 Å². The van der Waals surface area contributed by atoms with Crippen molar-refractivity contribution >= 4 is 41.6 Å². The summed E-state index contributed by atoms with van der Waals surface area (Å²) in [5.74, 6) is 5.97. The summed E-state index contributed by atoms with van der Waals surface area (Å²) in [6, 6.07) is 0. The van der Waals surface area contributed by atoms with Crippen molar-refractivity contribution in [1.82, 2.24) is 14.5 Å². The SMILES string of the molecule is C=CCOC1CC(n2cc(C#CCN)c3c(N)ncnc32)OC1CO[P+](=O)O[P+](=O)O[P+](=O)O. The Morgan fingerprint density at radius 2 is 2.12 bits per heavy atom. The van der Waals surface area contributed by atoms with Crippen LogP contribution in [0.3, 0.4) is 0 Å². The molecule has 0 aliphatic carbocycles. The lowest BCUT2D eigenvalue weighted by atomic mass is 10.2. The fraction of sp³-hybridized carbons (Fsp3) is 0.412. The van der Waals surface area contributed by atoms with E-state index < -0.39 is 43.2 Å². The first-order valence-corrected chi connectivity index (χ1v) is 12.9. The monoisotopic (exact) mass is 532 g/mol. The summed E-state index contributed by atoms with van der Waals surface area (Å²) in [4.78, 5) is 16.9. The summed E-state index contributed by atoms with van der Waals surface area (Å²) < 4.78 is 60.7. The number of nitrogen functional groups attached to an aromatic ring is 1. The molecule has 180 valence electrons. The van der Waals surface area contributed by atoms with Crippen LogP contribution in [-0.4, -0.2) is 51.4 Å². The van der Waals surface area contributed by atoms with Gasteiger partial charge in [0.25, 0.3) is 0 Å². The van der Waals surface area contributed by atoms with Crippen LogP contribution in [0.5, 0.6) is 0 Å². The van der Waals surface area contributed by atoms with Gasteiger partial charge in [-0.15, -0.1) is 16.0 Å². The van der Waals surface area contributed by atoms with E-state index >= 15 is 0 Å². The number of nitrogens with zero attached hydrogens (tertiary/aromatic N) is 3. The number of hydrogen-bond donors (Lipinski definition) is 3. The van der Waals surface area contributed by atoms with Crippen LogP contribution in [0.4, 0.5) is 5.82 Å². The summed E-state index contributed by atoms with van der Waals surface area (Å²) in [6.45, 7) is 3.73. The van der Waals surface area contributed by atoms with Crippen LogP contribution in [0.25, 0.3) is 11.0 Å². The van der Waals surface area contributed by atoms with Crippen molar-refractivity contribution in [3.8, 4) is 11.8 Å². The van der Waals surface area contributed by atoms with Gasteiger partial charge in [-0.3, -0.25) is 0 Å². The molecule has 2 aromatic heterocycles. The zero-order valence-electron chi connectivity index (χ0n) is 17.6. The van der Waals surface area contributed by atoms with Crippen molar-refractivity contribution < 1.29 is 41.2 Å². The van der Waals surface area contributed by atoms with Crippen LogP contribution in [0.2, 0.25) is 0 Å². The number of ether oxygens (including phenoxy) is 2. The molecule has 0 bridgehead atoms. The summed E-state index contributed by atoms with van der Waals surface area (Å²) in [7, 11) is -9.22. The van der Waals surface area contributed by atoms with Gasteiger partial charge in [-0.2, -0.15) is 0 Å². The van der Waals surface area contributed by atoms with E-state index in [1.165, 1.54) is 6.33 Å². The Bertz CT molecular complexity index is 1160. The molecule has 0 aromatic carbocycles. The molecular formula is C17H21N5O9P3+3. The predicted octanol–water partition coefficient (Wildman–Crippen LogP) is 2.20. The van der Waals surface area contributed by atoms with E-state index in [1.54, 1.807) is 16.8 Å². The van der Waals surface area contributed by atoms with Crippen molar-refractivity contribution in [1.29, 1.82) is 0 Å². The zero-order chi connectivity index (χ0) is 24.7. The van der Waals surface area contributed by atoms with Crippen LogP contribution in [0.1, 0.15) is 18.2 Å². The van der Waals surface area contributed by atoms with E-state index in [4.69, 9.17) is 30.4 Å². The van der Waals surface area contributed by atoms with Crippen molar-refractivity contribution in [3.63, 3.8) is 0 Å². The molecule has 1 saturated heterocycles. The first-order chi connectivity index (χ1) is 16.3. The third-order valence-electron chi connectivity index (χ3n) is 4.50. The second-order valence-electron chi connectivity index (χ2n) is 6.58. The third kappa shape index (κ3) is 6.66. The highest BCUT2D eigenvalue weighted by Gasteiger charge is 2.49. The molecule has 1 aliphatic rings. The topological polar surface area (TPSA) is 200 Å². The fourth-order valence-corrected chi connectivity index (χ4v) is 4.98. The van der Waals surface area contributed by atoms with Gasteiger partial charge in [0.1, 0.15) is 36.7 Å². The number of aromatic nitrogens is 3. The number of hydrogen-bond acceptors (Lipinski definition) is 12. The second-order valence-corrected chi connectivity index (χ2v) is 9.52. The minimum Gasteiger partial charge on any atom is -0.383 e. The van der Waals surface area contributed by atoms with E-state index in [9.17, 15) is 13.7 Å². The van der Waals surface area contributed by atoms with Crippen LogP contribution in [-0.2, 0) is 36.3 Å². The molecule has 5 N–H and O–H groups in total. The molecule has 3 heterocycles. The maximum atomic E-state index is 11.9. The average molecular weight is 532 g/mol. The molecule has 3 rings (SSSR count). The van der Waals surface area contributed by atoms with E-state index in [1.807, 2.05) is 0 Å². The van der Waals surface area contributed by atoms with Crippen LogP contribution in [0.15, 0.2) is 25.2 Å². The van der Waals surface area contributed by atoms with Crippen LogP contribution < -0.4 is 11.5 Å². The molecule has 6 unspecified atom stereocenters. The van der Waals surface area contributed by atoms with Gasteiger partial charge in [0.15, 0.2) is 8.62 Å². The van der Waals surface area contributed by atoms with Gasteiger partial charge in [-0.1, -0.05) is 17.9 Å². The molecule has 1 fully saturated rings. The Labute approximate surface area is 196 Å². The molecule has 0 saturated carbocycles. The largest absolute Gasteiger partial charge is 0.798 e. The van der Waals surface area contributed by atoms with Crippen LogP contribution >= 0.6 is 24.8 Å². The highest BCUT2D eigenvalue weighted by atomic mass is 31.2. The van der Waals surface area contributed by atoms with Crippen molar-refractivity contribution in [2.24, 2.45) is 5.73 Å². The molecule has 0 spiro atoms. The van der Waals surface area contributed by atoms with Crippen molar-refractivity contribution in [2.75, 3.05) is 25.5 Å². The summed E-state index contributed by atoms with van der Waals surface area (Å²) in [6.07, 6.45) is 3.17.